The molecule has 0 radical (unpaired) electrons. The van der Waals surface area contributed by atoms with E-state index in [0.29, 0.717) is 0 Å². The van der Waals surface area contributed by atoms with Gasteiger partial charge < -0.3 is 15.4 Å². The number of alkyl carbamates (subject to hydrolysis) is 1. The Morgan fingerprint density at radius 2 is 1.80 bits per heavy atom. The molecule has 0 saturated carbocycles. The summed E-state index contributed by atoms with van der Waals surface area (Å²) in [5.74, 6) is -0.571. The monoisotopic (exact) mass is 290 g/mol. The molecule has 0 unspecified atom stereocenters. The fourth-order valence-electron chi connectivity index (χ4n) is 1.28. The average Bonchev–Trinajstić information content (AvgIpc) is 2.36. The third-order valence-electron chi connectivity index (χ3n) is 2.16. The number of ether oxygens (including phenoxy) is 1. The van der Waals surface area contributed by atoms with Crippen LogP contribution >= 0.6 is 0 Å². The Morgan fingerprint density at radius 1 is 1.20 bits per heavy atom. The Balaban J connectivity index is 2.48. The van der Waals surface area contributed by atoms with Gasteiger partial charge in [-0.15, -0.1) is 0 Å². The minimum atomic E-state index is -4.42. The Bertz CT molecular complexity index is 472. The molecule has 0 atom stereocenters. The molecule has 0 aromatic heterocycles. The van der Waals surface area contributed by atoms with E-state index in [4.69, 9.17) is 0 Å². The number of carbonyl (C=O) groups is 2. The number of anilines is 1. The van der Waals surface area contributed by atoms with Crippen molar-refractivity contribution in [3.05, 3.63) is 29.8 Å². The standard InChI is InChI=1S/C12H13F3N2O3/c1-2-20-11(19)16-7-10(18)17-9-5-3-8(4-6-9)12(13,14)15/h3-6H,2,7H2,1H3,(H,16,19)(H,17,18). The first-order chi connectivity index (χ1) is 9.32. The highest BCUT2D eigenvalue weighted by molar-refractivity contribution is 5.93. The van der Waals surface area contributed by atoms with Gasteiger partial charge in [0.1, 0.15) is 6.54 Å². The maximum Gasteiger partial charge on any atom is 0.416 e. The van der Waals surface area contributed by atoms with Crippen LogP contribution in [0.15, 0.2) is 24.3 Å². The molecule has 2 amide bonds. The maximum atomic E-state index is 12.3. The topological polar surface area (TPSA) is 67.4 Å². The molecule has 0 aliphatic heterocycles. The quantitative estimate of drug-likeness (QED) is 0.894. The van der Waals surface area contributed by atoms with Crippen LogP contribution in [0.2, 0.25) is 0 Å². The van der Waals surface area contributed by atoms with Gasteiger partial charge in [0.25, 0.3) is 0 Å². The van der Waals surface area contributed by atoms with Gasteiger partial charge in [-0.1, -0.05) is 0 Å². The molecule has 1 aromatic rings. The Kier molecular flexibility index (Phi) is 5.36. The minimum Gasteiger partial charge on any atom is -0.450 e. The van der Waals surface area contributed by atoms with Crippen LogP contribution in [0.1, 0.15) is 12.5 Å². The van der Waals surface area contributed by atoms with E-state index in [1.165, 1.54) is 0 Å². The molecule has 0 aliphatic carbocycles. The van der Waals surface area contributed by atoms with Crippen LogP contribution < -0.4 is 10.6 Å². The van der Waals surface area contributed by atoms with Gasteiger partial charge in [0.05, 0.1) is 12.2 Å². The van der Waals surface area contributed by atoms with Crippen molar-refractivity contribution in [2.75, 3.05) is 18.5 Å². The van der Waals surface area contributed by atoms with Crippen LogP contribution in [0, 0.1) is 0 Å². The zero-order valence-corrected chi connectivity index (χ0v) is 10.6. The summed E-state index contributed by atoms with van der Waals surface area (Å²) in [6, 6.07) is 3.97. The number of rotatable bonds is 4. The van der Waals surface area contributed by atoms with E-state index in [-0.39, 0.29) is 18.8 Å². The Labute approximate surface area is 113 Å². The van der Waals surface area contributed by atoms with Crippen molar-refractivity contribution in [1.82, 2.24) is 5.32 Å². The molecule has 0 spiro atoms. The van der Waals surface area contributed by atoms with E-state index < -0.39 is 23.7 Å². The summed E-state index contributed by atoms with van der Waals surface area (Å²) in [6.07, 6.45) is -5.16. The minimum absolute atomic E-state index is 0.173. The van der Waals surface area contributed by atoms with Crippen molar-refractivity contribution in [2.24, 2.45) is 0 Å². The van der Waals surface area contributed by atoms with Crippen LogP contribution in [0.5, 0.6) is 0 Å². The fourth-order valence-corrected chi connectivity index (χ4v) is 1.28. The summed E-state index contributed by atoms with van der Waals surface area (Å²) in [5, 5.41) is 4.53. The molecule has 5 nitrogen and oxygen atoms in total. The Morgan fingerprint density at radius 3 is 2.30 bits per heavy atom. The van der Waals surface area contributed by atoms with E-state index in [9.17, 15) is 22.8 Å². The van der Waals surface area contributed by atoms with Gasteiger partial charge in [-0.3, -0.25) is 4.79 Å². The number of alkyl halides is 3. The summed E-state index contributed by atoms with van der Waals surface area (Å²) in [4.78, 5) is 22.3. The molecule has 0 aliphatic rings. The number of hydrogen-bond donors (Lipinski definition) is 2. The van der Waals surface area contributed by atoms with Crippen molar-refractivity contribution in [2.45, 2.75) is 13.1 Å². The first kappa shape index (κ1) is 15.8. The lowest BCUT2D eigenvalue weighted by atomic mass is 10.2. The molecule has 0 saturated heterocycles. The summed E-state index contributed by atoms with van der Waals surface area (Å²) in [6.45, 7) is 1.45. The molecule has 110 valence electrons. The lowest BCUT2D eigenvalue weighted by Gasteiger charge is -2.09. The molecule has 1 aromatic carbocycles. The smallest absolute Gasteiger partial charge is 0.416 e. The van der Waals surface area contributed by atoms with Gasteiger partial charge in [0.15, 0.2) is 0 Å². The van der Waals surface area contributed by atoms with E-state index in [1.807, 2.05) is 0 Å². The second-order valence-electron chi connectivity index (χ2n) is 3.70. The second kappa shape index (κ2) is 6.78. The molecular weight excluding hydrogens is 277 g/mol. The van der Waals surface area contributed by atoms with Gasteiger partial charge in [0, 0.05) is 5.69 Å². The van der Waals surface area contributed by atoms with Gasteiger partial charge in [-0.2, -0.15) is 13.2 Å². The molecule has 2 N–H and O–H groups in total. The molecule has 0 heterocycles. The van der Waals surface area contributed by atoms with Crippen LogP contribution in [-0.2, 0) is 15.7 Å². The van der Waals surface area contributed by atoms with Crippen LogP contribution in [0.4, 0.5) is 23.7 Å². The number of nitrogens with one attached hydrogen (secondary N) is 2. The zero-order chi connectivity index (χ0) is 15.2. The third kappa shape index (κ3) is 5.17. The Hall–Kier alpha value is -2.25. The molecule has 0 fully saturated rings. The third-order valence-corrected chi connectivity index (χ3v) is 2.16. The van der Waals surface area contributed by atoms with Crippen molar-refractivity contribution in [1.29, 1.82) is 0 Å². The molecule has 1 rings (SSSR count). The van der Waals surface area contributed by atoms with Crippen molar-refractivity contribution < 1.29 is 27.5 Å². The summed E-state index contributed by atoms with van der Waals surface area (Å²) in [7, 11) is 0. The summed E-state index contributed by atoms with van der Waals surface area (Å²) in [5.41, 5.74) is -0.603. The van der Waals surface area contributed by atoms with Crippen molar-refractivity contribution in [3.63, 3.8) is 0 Å². The second-order valence-corrected chi connectivity index (χ2v) is 3.70. The van der Waals surface area contributed by atoms with Crippen molar-refractivity contribution >= 4 is 17.7 Å². The number of amides is 2. The molecule has 20 heavy (non-hydrogen) atoms. The van der Waals surface area contributed by atoms with E-state index >= 15 is 0 Å². The normalized spacial score (nSPS) is 10.8. The number of hydrogen-bond acceptors (Lipinski definition) is 3. The lowest BCUT2D eigenvalue weighted by Crippen LogP contribution is -2.33. The van der Waals surface area contributed by atoms with Gasteiger partial charge in [0.2, 0.25) is 5.91 Å². The van der Waals surface area contributed by atoms with E-state index in [0.717, 1.165) is 24.3 Å². The SMILES string of the molecule is CCOC(=O)NCC(=O)Nc1ccc(C(F)(F)F)cc1. The summed E-state index contributed by atoms with van der Waals surface area (Å²) >= 11 is 0. The molecular formula is C12H13F3N2O3. The van der Waals surface area contributed by atoms with E-state index in [1.54, 1.807) is 6.92 Å². The number of benzene rings is 1. The highest BCUT2D eigenvalue weighted by Crippen LogP contribution is 2.29. The maximum absolute atomic E-state index is 12.3. The fraction of sp³-hybridized carbons (Fsp3) is 0.333. The molecule has 0 bridgehead atoms. The predicted molar refractivity (Wildman–Crippen MR) is 65.1 cm³/mol. The average molecular weight is 290 g/mol. The zero-order valence-electron chi connectivity index (χ0n) is 10.6. The first-order valence-electron chi connectivity index (χ1n) is 5.70. The van der Waals surface area contributed by atoms with Crippen LogP contribution in [0.25, 0.3) is 0 Å². The number of carbonyl (C=O) groups excluding carboxylic acids is 2. The first-order valence-corrected chi connectivity index (χ1v) is 5.70. The highest BCUT2D eigenvalue weighted by Gasteiger charge is 2.29. The summed E-state index contributed by atoms with van der Waals surface area (Å²) < 4.78 is 41.5. The van der Waals surface area contributed by atoms with Crippen LogP contribution in [0.3, 0.4) is 0 Å². The van der Waals surface area contributed by atoms with Gasteiger partial charge >= 0.3 is 12.3 Å². The highest BCUT2D eigenvalue weighted by atomic mass is 19.4. The lowest BCUT2D eigenvalue weighted by molar-refractivity contribution is -0.137. The van der Waals surface area contributed by atoms with E-state index in [2.05, 4.69) is 15.4 Å². The predicted octanol–water partition coefficient (Wildman–Crippen LogP) is 2.39. The number of halogens is 3. The van der Waals surface area contributed by atoms with Crippen molar-refractivity contribution in [3.8, 4) is 0 Å². The van der Waals surface area contributed by atoms with Crippen LogP contribution in [-0.4, -0.2) is 25.2 Å². The molecule has 8 heteroatoms. The van der Waals surface area contributed by atoms with Gasteiger partial charge in [-0.05, 0) is 31.2 Å². The largest absolute Gasteiger partial charge is 0.450 e. The van der Waals surface area contributed by atoms with Gasteiger partial charge in [-0.25, -0.2) is 4.79 Å².